The summed E-state index contributed by atoms with van der Waals surface area (Å²) in [6, 6.07) is 0.487. The van der Waals surface area contributed by atoms with Gasteiger partial charge in [-0.3, -0.25) is 4.90 Å². The van der Waals surface area contributed by atoms with E-state index in [4.69, 9.17) is 0 Å². The fourth-order valence-corrected chi connectivity index (χ4v) is 3.03. The number of hydrogen-bond acceptors (Lipinski definition) is 3. The molecular weight excluding hydrogens is 236 g/mol. The van der Waals surface area contributed by atoms with Crippen molar-refractivity contribution in [3.8, 4) is 0 Å². The fraction of sp³-hybridized carbons (Fsp3) is 0.867. The SMILES string of the molecule is CCN1CCC(n2cc(C(C)(C)C)nn2)CC1(C)C. The summed E-state index contributed by atoms with van der Waals surface area (Å²) < 4.78 is 2.09. The molecule has 2 heterocycles. The van der Waals surface area contributed by atoms with E-state index in [9.17, 15) is 0 Å². The third-order valence-corrected chi connectivity index (χ3v) is 4.36. The monoisotopic (exact) mass is 264 g/mol. The topological polar surface area (TPSA) is 34.0 Å². The van der Waals surface area contributed by atoms with Gasteiger partial charge in [0.2, 0.25) is 0 Å². The van der Waals surface area contributed by atoms with E-state index in [0.717, 1.165) is 25.2 Å². The average molecular weight is 264 g/mol. The third kappa shape index (κ3) is 2.99. The van der Waals surface area contributed by atoms with Gasteiger partial charge in [-0.05, 0) is 33.2 Å². The lowest BCUT2D eigenvalue weighted by atomic mass is 9.87. The zero-order valence-corrected chi connectivity index (χ0v) is 13.3. The molecule has 1 aliphatic heterocycles. The Morgan fingerprint density at radius 1 is 1.37 bits per heavy atom. The molecule has 0 spiro atoms. The maximum absolute atomic E-state index is 4.37. The Morgan fingerprint density at radius 3 is 2.53 bits per heavy atom. The molecule has 4 heteroatoms. The molecule has 0 aliphatic carbocycles. The lowest BCUT2D eigenvalue weighted by molar-refractivity contribution is 0.0513. The van der Waals surface area contributed by atoms with E-state index >= 15 is 0 Å². The summed E-state index contributed by atoms with van der Waals surface area (Å²) in [5.41, 5.74) is 1.42. The van der Waals surface area contributed by atoms with Gasteiger partial charge in [0.05, 0.1) is 11.7 Å². The van der Waals surface area contributed by atoms with E-state index in [1.54, 1.807) is 0 Å². The lowest BCUT2D eigenvalue weighted by Crippen LogP contribution is -2.50. The zero-order chi connectivity index (χ0) is 14.3. The van der Waals surface area contributed by atoms with Crippen LogP contribution in [-0.4, -0.2) is 38.5 Å². The summed E-state index contributed by atoms with van der Waals surface area (Å²) >= 11 is 0. The van der Waals surface area contributed by atoms with Crippen molar-refractivity contribution in [2.75, 3.05) is 13.1 Å². The Balaban J connectivity index is 2.14. The molecule has 1 atom stereocenters. The summed E-state index contributed by atoms with van der Waals surface area (Å²) in [5, 5.41) is 8.72. The number of likely N-dealkylation sites (tertiary alicyclic amines) is 1. The van der Waals surface area contributed by atoms with Crippen molar-refractivity contribution in [1.82, 2.24) is 19.9 Å². The minimum absolute atomic E-state index is 0.0812. The van der Waals surface area contributed by atoms with E-state index in [0.29, 0.717) is 6.04 Å². The van der Waals surface area contributed by atoms with Crippen LogP contribution in [0.3, 0.4) is 0 Å². The quantitative estimate of drug-likeness (QED) is 0.823. The summed E-state index contributed by atoms with van der Waals surface area (Å²) in [4.78, 5) is 2.56. The predicted molar refractivity (Wildman–Crippen MR) is 78.3 cm³/mol. The molecule has 2 rings (SSSR count). The molecular formula is C15H28N4. The van der Waals surface area contributed by atoms with Crippen LogP contribution in [0.25, 0.3) is 0 Å². The fourth-order valence-electron chi connectivity index (χ4n) is 3.03. The Labute approximate surface area is 117 Å². The van der Waals surface area contributed by atoms with Gasteiger partial charge in [0, 0.05) is 23.7 Å². The van der Waals surface area contributed by atoms with Gasteiger partial charge in [-0.25, -0.2) is 4.68 Å². The molecule has 1 aromatic rings. The van der Waals surface area contributed by atoms with Crippen molar-refractivity contribution in [2.24, 2.45) is 0 Å². The summed E-state index contributed by atoms with van der Waals surface area (Å²) in [6.07, 6.45) is 4.46. The minimum atomic E-state index is 0.0812. The van der Waals surface area contributed by atoms with Crippen molar-refractivity contribution in [2.45, 2.75) is 71.4 Å². The lowest BCUT2D eigenvalue weighted by Gasteiger charge is -2.45. The Kier molecular flexibility index (Phi) is 3.74. The number of aromatic nitrogens is 3. The first kappa shape index (κ1) is 14.5. The zero-order valence-electron chi connectivity index (χ0n) is 13.3. The largest absolute Gasteiger partial charge is 0.298 e. The van der Waals surface area contributed by atoms with Crippen LogP contribution in [0.2, 0.25) is 0 Å². The Morgan fingerprint density at radius 2 is 2.05 bits per heavy atom. The molecule has 4 nitrogen and oxygen atoms in total. The van der Waals surface area contributed by atoms with Gasteiger partial charge in [-0.2, -0.15) is 0 Å². The van der Waals surface area contributed by atoms with Crippen molar-refractivity contribution < 1.29 is 0 Å². The van der Waals surface area contributed by atoms with E-state index < -0.39 is 0 Å². The van der Waals surface area contributed by atoms with Crippen molar-refractivity contribution >= 4 is 0 Å². The molecule has 1 unspecified atom stereocenters. The van der Waals surface area contributed by atoms with Crippen molar-refractivity contribution in [1.29, 1.82) is 0 Å². The summed E-state index contributed by atoms with van der Waals surface area (Å²) in [6.45, 7) is 15.8. The second-order valence-electron chi connectivity index (χ2n) is 7.37. The minimum Gasteiger partial charge on any atom is -0.298 e. The number of hydrogen-bond donors (Lipinski definition) is 0. The van der Waals surface area contributed by atoms with Crippen LogP contribution >= 0.6 is 0 Å². The Bertz CT molecular complexity index is 428. The van der Waals surface area contributed by atoms with Gasteiger partial charge < -0.3 is 0 Å². The van der Waals surface area contributed by atoms with Gasteiger partial charge in [-0.1, -0.05) is 32.9 Å². The molecule has 0 amide bonds. The summed E-state index contributed by atoms with van der Waals surface area (Å²) in [7, 11) is 0. The molecule has 1 fully saturated rings. The first-order valence-electron chi connectivity index (χ1n) is 7.41. The highest BCUT2D eigenvalue weighted by Crippen LogP contribution is 2.34. The molecule has 0 saturated carbocycles. The van der Waals surface area contributed by atoms with Crippen molar-refractivity contribution in [3.63, 3.8) is 0 Å². The van der Waals surface area contributed by atoms with E-state index in [1.165, 1.54) is 6.42 Å². The number of piperidine rings is 1. The van der Waals surface area contributed by atoms with Gasteiger partial charge in [-0.15, -0.1) is 5.10 Å². The Hall–Kier alpha value is -0.900. The maximum atomic E-state index is 4.37. The van der Waals surface area contributed by atoms with Gasteiger partial charge >= 0.3 is 0 Å². The molecule has 1 aliphatic rings. The molecule has 1 aromatic heterocycles. The molecule has 108 valence electrons. The molecule has 19 heavy (non-hydrogen) atoms. The molecule has 0 radical (unpaired) electrons. The van der Waals surface area contributed by atoms with E-state index in [1.807, 2.05) is 0 Å². The molecule has 0 bridgehead atoms. The highest BCUT2D eigenvalue weighted by Gasteiger charge is 2.35. The van der Waals surface area contributed by atoms with E-state index in [2.05, 4.69) is 67.6 Å². The van der Waals surface area contributed by atoms with Crippen LogP contribution in [0.5, 0.6) is 0 Å². The van der Waals surface area contributed by atoms with Crippen LogP contribution < -0.4 is 0 Å². The van der Waals surface area contributed by atoms with Crippen LogP contribution in [-0.2, 0) is 5.41 Å². The smallest absolute Gasteiger partial charge is 0.0880 e. The van der Waals surface area contributed by atoms with Crippen LogP contribution in [0.4, 0.5) is 0 Å². The average Bonchev–Trinajstić information content (AvgIpc) is 2.76. The number of rotatable bonds is 2. The van der Waals surface area contributed by atoms with Crippen molar-refractivity contribution in [3.05, 3.63) is 11.9 Å². The van der Waals surface area contributed by atoms with Gasteiger partial charge in [0.25, 0.3) is 0 Å². The molecule has 0 aromatic carbocycles. The molecule has 1 saturated heterocycles. The maximum Gasteiger partial charge on any atom is 0.0880 e. The first-order chi connectivity index (χ1) is 8.74. The first-order valence-corrected chi connectivity index (χ1v) is 7.41. The second kappa shape index (κ2) is 4.89. The highest BCUT2D eigenvalue weighted by atomic mass is 15.4. The van der Waals surface area contributed by atoms with Gasteiger partial charge in [0.15, 0.2) is 0 Å². The number of nitrogens with zero attached hydrogens (tertiary/aromatic N) is 4. The second-order valence-corrected chi connectivity index (χ2v) is 7.37. The van der Waals surface area contributed by atoms with Crippen LogP contribution in [0.1, 0.15) is 66.1 Å². The standard InChI is InChI=1S/C15H28N4/c1-7-18-9-8-12(10-15(18,5)6)19-11-13(16-17-19)14(2,3)4/h11-12H,7-10H2,1-6H3. The third-order valence-electron chi connectivity index (χ3n) is 4.36. The van der Waals surface area contributed by atoms with Gasteiger partial charge in [0.1, 0.15) is 0 Å². The normalized spacial score (nSPS) is 24.6. The van der Waals surface area contributed by atoms with Crippen LogP contribution in [0, 0.1) is 0 Å². The van der Waals surface area contributed by atoms with Crippen LogP contribution in [0.15, 0.2) is 6.20 Å². The molecule has 0 N–H and O–H groups in total. The highest BCUT2D eigenvalue weighted by molar-refractivity contribution is 5.07. The summed E-state index contributed by atoms with van der Waals surface area (Å²) in [5.74, 6) is 0. The predicted octanol–water partition coefficient (Wildman–Crippen LogP) is 3.01. The van der Waals surface area contributed by atoms with E-state index in [-0.39, 0.29) is 11.0 Å².